The smallest absolute Gasteiger partial charge is 0.262 e. The molecule has 0 aliphatic rings. The van der Waals surface area contributed by atoms with Gasteiger partial charge < -0.3 is 12.4 Å². The standard InChI is InChI=1S/C24H24N3P2.ClH/c25-28(21-13-5-1-6-14-21,22-15-7-2-8-16-22)27-29(26,23-17-9-3-10-18-23)24-19-11-4-12-20-24;/h1-20H,25-26H2;1H/q+1;/p-1. The molecule has 0 radical (unpaired) electrons. The summed E-state index contributed by atoms with van der Waals surface area (Å²) in [6.45, 7) is 0. The van der Waals surface area contributed by atoms with E-state index in [-0.39, 0.29) is 12.4 Å². The molecular weight excluding hydrogens is 428 g/mol. The van der Waals surface area contributed by atoms with Crippen molar-refractivity contribution in [3.05, 3.63) is 121 Å². The molecule has 0 aliphatic carbocycles. The van der Waals surface area contributed by atoms with Crippen molar-refractivity contribution in [2.75, 3.05) is 0 Å². The van der Waals surface area contributed by atoms with Crippen LogP contribution in [0.5, 0.6) is 0 Å². The Morgan fingerprint density at radius 1 is 0.533 bits per heavy atom. The van der Waals surface area contributed by atoms with Gasteiger partial charge in [-0.3, -0.25) is 5.50 Å². The minimum atomic E-state index is -2.58. The predicted octanol–water partition coefficient (Wildman–Crippen LogP) is 1.17. The highest BCUT2D eigenvalue weighted by Gasteiger charge is 2.42. The molecule has 4 N–H and O–H groups in total. The van der Waals surface area contributed by atoms with Gasteiger partial charge >= 0.3 is 0 Å². The second-order valence-corrected chi connectivity index (χ2v) is 12.3. The maximum atomic E-state index is 7.19. The molecule has 0 saturated heterocycles. The van der Waals surface area contributed by atoms with Crippen molar-refractivity contribution in [2.45, 2.75) is 0 Å². The Morgan fingerprint density at radius 3 is 1.17 bits per heavy atom. The molecule has 0 aromatic heterocycles. The summed E-state index contributed by atoms with van der Waals surface area (Å²) in [6.07, 6.45) is 0. The van der Waals surface area contributed by atoms with Crippen LogP contribution in [0, 0.1) is 0 Å². The van der Waals surface area contributed by atoms with E-state index in [4.69, 9.17) is 15.5 Å². The molecule has 0 heterocycles. The fourth-order valence-electron chi connectivity index (χ4n) is 3.35. The van der Waals surface area contributed by atoms with Crippen LogP contribution in [0.1, 0.15) is 0 Å². The van der Waals surface area contributed by atoms with Crippen molar-refractivity contribution in [2.24, 2.45) is 15.5 Å². The summed E-state index contributed by atoms with van der Waals surface area (Å²) >= 11 is 0. The molecule has 4 aromatic rings. The van der Waals surface area contributed by atoms with Crippen molar-refractivity contribution in [1.29, 1.82) is 0 Å². The van der Waals surface area contributed by atoms with Crippen LogP contribution in [-0.4, -0.2) is 0 Å². The number of benzene rings is 4. The normalized spacial score (nSPS) is 11.4. The fraction of sp³-hybridized carbons (Fsp3) is 0. The molecule has 0 bridgehead atoms. The third-order valence-corrected chi connectivity index (χ3v) is 11.5. The molecule has 30 heavy (non-hydrogen) atoms. The number of hydrogen-bond donors (Lipinski definition) is 2. The van der Waals surface area contributed by atoms with E-state index in [1.54, 1.807) is 0 Å². The average Bonchev–Trinajstić information content (AvgIpc) is 2.81. The van der Waals surface area contributed by atoms with Gasteiger partial charge in [-0.2, -0.15) is 5.50 Å². The van der Waals surface area contributed by atoms with Gasteiger partial charge in [-0.05, 0) is 24.3 Å². The highest BCUT2D eigenvalue weighted by Crippen LogP contribution is 2.59. The molecule has 0 fully saturated rings. The first-order valence-corrected chi connectivity index (χ1v) is 13.1. The van der Waals surface area contributed by atoms with Gasteiger partial charge in [-0.1, -0.05) is 102 Å². The molecule has 152 valence electrons. The highest BCUT2D eigenvalue weighted by atomic mass is 35.5. The molecule has 0 saturated carbocycles. The number of hydrogen-bond acceptors (Lipinski definition) is 2. The molecule has 0 unspecified atom stereocenters. The lowest BCUT2D eigenvalue weighted by atomic mass is 10.4. The SMILES string of the molecule is NP(=N[P+](N)(c1ccccc1)c1ccccc1)(c1ccccc1)c1ccccc1.[Cl-]. The molecule has 0 aliphatic heterocycles. The Balaban J connectivity index is 0.00000256. The Hall–Kier alpha value is -2.25. The summed E-state index contributed by atoms with van der Waals surface area (Å²) in [5.41, 5.74) is 14.4. The number of rotatable bonds is 5. The van der Waals surface area contributed by atoms with Crippen molar-refractivity contribution in [3.63, 3.8) is 0 Å². The Morgan fingerprint density at radius 2 is 0.833 bits per heavy atom. The van der Waals surface area contributed by atoms with E-state index in [2.05, 4.69) is 48.5 Å². The van der Waals surface area contributed by atoms with Crippen LogP contribution in [0.2, 0.25) is 0 Å². The molecule has 0 spiro atoms. The maximum absolute atomic E-state index is 7.19. The van der Waals surface area contributed by atoms with Gasteiger partial charge in [-0.15, -0.1) is 0 Å². The molecule has 4 rings (SSSR count). The Labute approximate surface area is 185 Å². The van der Waals surface area contributed by atoms with Crippen molar-refractivity contribution in [3.8, 4) is 0 Å². The Bertz CT molecular complexity index is 1040. The molecule has 6 heteroatoms. The van der Waals surface area contributed by atoms with Crippen LogP contribution in [0.25, 0.3) is 0 Å². The van der Waals surface area contributed by atoms with Crippen molar-refractivity contribution < 1.29 is 12.4 Å². The second kappa shape index (κ2) is 9.71. The third-order valence-electron chi connectivity index (χ3n) is 4.88. The molecule has 0 atom stereocenters. The summed E-state index contributed by atoms with van der Waals surface area (Å²) in [7, 11) is -5.15. The van der Waals surface area contributed by atoms with Crippen LogP contribution >= 0.6 is 14.8 Å². The molecular formula is C24H24ClN3P2. The zero-order chi connectivity index (χ0) is 20.2. The average molecular weight is 452 g/mol. The van der Waals surface area contributed by atoms with E-state index in [0.29, 0.717) is 0 Å². The number of halogens is 1. The lowest BCUT2D eigenvalue weighted by molar-refractivity contribution is -0.00000600. The van der Waals surface area contributed by atoms with E-state index in [1.807, 2.05) is 72.8 Å². The van der Waals surface area contributed by atoms with Gasteiger partial charge in [0.25, 0.3) is 7.56 Å². The molecule has 0 amide bonds. The lowest BCUT2D eigenvalue weighted by Gasteiger charge is -2.25. The molecule has 3 nitrogen and oxygen atoms in total. The first-order chi connectivity index (χ1) is 14.1. The first kappa shape index (κ1) is 22.4. The summed E-state index contributed by atoms with van der Waals surface area (Å²) in [5, 5.41) is 4.08. The zero-order valence-corrected chi connectivity index (χ0v) is 19.0. The highest BCUT2D eigenvalue weighted by molar-refractivity contribution is 7.93. The number of nitrogens with zero attached hydrogens (tertiary/aromatic N) is 1. The van der Waals surface area contributed by atoms with Gasteiger partial charge in [-0.25, -0.2) is 0 Å². The van der Waals surface area contributed by atoms with Crippen molar-refractivity contribution in [1.82, 2.24) is 0 Å². The van der Waals surface area contributed by atoms with Gasteiger partial charge in [0, 0.05) is 10.6 Å². The topological polar surface area (TPSA) is 64.4 Å². The molecule has 4 aromatic carbocycles. The summed E-state index contributed by atoms with van der Waals surface area (Å²) in [6, 6.07) is 40.6. The largest absolute Gasteiger partial charge is 1.00 e. The van der Waals surface area contributed by atoms with Crippen LogP contribution in [-0.2, 0) is 0 Å². The Kier molecular flexibility index (Phi) is 7.26. The van der Waals surface area contributed by atoms with Gasteiger partial charge in [0.15, 0.2) is 0 Å². The predicted molar refractivity (Wildman–Crippen MR) is 129 cm³/mol. The summed E-state index contributed by atoms with van der Waals surface area (Å²) in [4.78, 5) is 0. The minimum Gasteiger partial charge on any atom is -1.00 e. The van der Waals surface area contributed by atoms with E-state index in [1.165, 1.54) is 0 Å². The van der Waals surface area contributed by atoms with Crippen LogP contribution in [0.3, 0.4) is 0 Å². The summed E-state index contributed by atoms with van der Waals surface area (Å²) in [5.74, 6) is 0. The zero-order valence-electron chi connectivity index (χ0n) is 16.4. The second-order valence-electron chi connectivity index (χ2n) is 6.80. The monoisotopic (exact) mass is 451 g/mol. The number of nitrogens with two attached hydrogens (primary N) is 2. The van der Waals surface area contributed by atoms with Crippen molar-refractivity contribution >= 4 is 36.0 Å². The van der Waals surface area contributed by atoms with Crippen LogP contribution < -0.4 is 44.6 Å². The minimum absolute atomic E-state index is 0. The van der Waals surface area contributed by atoms with Crippen LogP contribution in [0.4, 0.5) is 0 Å². The van der Waals surface area contributed by atoms with Gasteiger partial charge in [0.05, 0.1) is 0 Å². The van der Waals surface area contributed by atoms with E-state index in [0.717, 1.165) is 21.2 Å². The first-order valence-electron chi connectivity index (χ1n) is 9.45. The third kappa shape index (κ3) is 4.42. The summed E-state index contributed by atoms with van der Waals surface area (Å²) < 4.78 is 5.40. The van der Waals surface area contributed by atoms with E-state index < -0.39 is 14.8 Å². The fourth-order valence-corrected chi connectivity index (χ4v) is 9.88. The van der Waals surface area contributed by atoms with Gasteiger partial charge in [0.2, 0.25) is 0 Å². The van der Waals surface area contributed by atoms with E-state index in [9.17, 15) is 0 Å². The lowest BCUT2D eigenvalue weighted by Crippen LogP contribution is -3.00. The van der Waals surface area contributed by atoms with E-state index >= 15 is 0 Å². The van der Waals surface area contributed by atoms with Gasteiger partial charge in [0.1, 0.15) is 17.8 Å². The quantitative estimate of drug-likeness (QED) is 0.447. The maximum Gasteiger partial charge on any atom is 0.262 e. The van der Waals surface area contributed by atoms with Crippen LogP contribution in [0.15, 0.2) is 126 Å².